The summed E-state index contributed by atoms with van der Waals surface area (Å²) in [6, 6.07) is 3.82. The molecule has 1 aromatic rings. The van der Waals surface area contributed by atoms with E-state index in [-0.39, 0.29) is 18.3 Å². The van der Waals surface area contributed by atoms with E-state index >= 15 is 0 Å². The van der Waals surface area contributed by atoms with Crippen molar-refractivity contribution < 1.29 is 14.2 Å². The second kappa shape index (κ2) is 8.90. The van der Waals surface area contributed by atoms with E-state index < -0.39 is 0 Å². The van der Waals surface area contributed by atoms with E-state index in [1.165, 1.54) is 0 Å². The first-order chi connectivity index (χ1) is 11.0. The van der Waals surface area contributed by atoms with Gasteiger partial charge in [0.15, 0.2) is 0 Å². The molecule has 1 fully saturated rings. The van der Waals surface area contributed by atoms with E-state index in [1.54, 1.807) is 6.20 Å². The summed E-state index contributed by atoms with van der Waals surface area (Å²) in [5.74, 6) is 6.91. The van der Waals surface area contributed by atoms with E-state index in [2.05, 4.69) is 30.7 Å². The largest absolute Gasteiger partial charge is 0.489 e. The molecule has 126 valence electrons. The fraction of sp³-hybridized carbons (Fsp3) is 0.632. The van der Waals surface area contributed by atoms with Crippen molar-refractivity contribution in [2.75, 3.05) is 6.61 Å². The lowest BCUT2D eigenvalue weighted by Gasteiger charge is -2.36. The van der Waals surface area contributed by atoms with Crippen molar-refractivity contribution >= 4 is 0 Å². The molecule has 1 saturated carbocycles. The van der Waals surface area contributed by atoms with Gasteiger partial charge < -0.3 is 14.2 Å². The zero-order valence-corrected chi connectivity index (χ0v) is 14.5. The average Bonchev–Trinajstić information content (AvgIpc) is 2.45. The summed E-state index contributed by atoms with van der Waals surface area (Å²) in [5.41, 5.74) is 0.761. The van der Waals surface area contributed by atoms with Crippen molar-refractivity contribution in [2.24, 2.45) is 0 Å². The minimum absolute atomic E-state index is 0.241. The standard InChI is InChI=1S/C19H27NO3/c1-14(2)21-10-6-5-7-16-8-9-17(13-20-16)23-19-11-18(12-19)22-15(3)4/h8-9,13-15,18-19H,6,10-12H2,1-4H3/t18-,19-. The molecule has 1 aromatic heterocycles. The van der Waals surface area contributed by atoms with Crippen LogP contribution in [0.3, 0.4) is 0 Å². The van der Waals surface area contributed by atoms with Gasteiger partial charge in [-0.3, -0.25) is 0 Å². The normalized spacial score (nSPS) is 20.1. The zero-order valence-electron chi connectivity index (χ0n) is 14.5. The van der Waals surface area contributed by atoms with Crippen molar-refractivity contribution in [3.05, 3.63) is 24.0 Å². The molecule has 0 saturated heterocycles. The Hall–Kier alpha value is -1.57. The van der Waals surface area contributed by atoms with Crippen LogP contribution in [0.1, 0.15) is 52.7 Å². The number of hydrogen-bond donors (Lipinski definition) is 0. The van der Waals surface area contributed by atoms with Gasteiger partial charge in [-0.1, -0.05) is 5.92 Å². The summed E-state index contributed by atoms with van der Waals surface area (Å²) < 4.78 is 17.0. The highest BCUT2D eigenvalue weighted by molar-refractivity contribution is 5.31. The average molecular weight is 317 g/mol. The van der Waals surface area contributed by atoms with Crippen LogP contribution in [-0.4, -0.2) is 36.0 Å². The summed E-state index contributed by atoms with van der Waals surface area (Å²) >= 11 is 0. The topological polar surface area (TPSA) is 40.6 Å². The van der Waals surface area contributed by atoms with E-state index in [9.17, 15) is 0 Å². The van der Waals surface area contributed by atoms with Gasteiger partial charge in [0, 0.05) is 19.3 Å². The fourth-order valence-electron chi connectivity index (χ4n) is 2.32. The molecule has 0 aliphatic heterocycles. The Morgan fingerprint density at radius 2 is 1.91 bits per heavy atom. The van der Waals surface area contributed by atoms with E-state index in [0.717, 1.165) is 30.7 Å². The van der Waals surface area contributed by atoms with Crippen molar-refractivity contribution in [3.63, 3.8) is 0 Å². The van der Waals surface area contributed by atoms with Crippen molar-refractivity contribution in [2.45, 2.75) is 71.4 Å². The summed E-state index contributed by atoms with van der Waals surface area (Å²) in [5, 5.41) is 0. The molecule has 0 radical (unpaired) electrons. The maximum absolute atomic E-state index is 5.88. The van der Waals surface area contributed by atoms with Crippen LogP contribution in [0.25, 0.3) is 0 Å². The van der Waals surface area contributed by atoms with Crippen molar-refractivity contribution in [1.82, 2.24) is 4.98 Å². The maximum atomic E-state index is 5.88. The molecule has 0 spiro atoms. The highest BCUT2D eigenvalue weighted by atomic mass is 16.5. The second-order valence-electron chi connectivity index (χ2n) is 6.37. The number of aromatic nitrogens is 1. The van der Waals surface area contributed by atoms with Crippen molar-refractivity contribution in [3.8, 4) is 17.6 Å². The van der Waals surface area contributed by atoms with Gasteiger partial charge in [-0.15, -0.1) is 0 Å². The molecule has 0 aromatic carbocycles. The Morgan fingerprint density at radius 3 is 2.52 bits per heavy atom. The highest BCUT2D eigenvalue weighted by Crippen LogP contribution is 2.28. The molecular formula is C19H27NO3. The molecule has 2 rings (SSSR count). The van der Waals surface area contributed by atoms with Gasteiger partial charge in [-0.25, -0.2) is 4.98 Å². The highest BCUT2D eigenvalue weighted by Gasteiger charge is 2.32. The lowest BCUT2D eigenvalue weighted by Crippen LogP contribution is -2.40. The van der Waals surface area contributed by atoms with Crippen LogP contribution in [0.5, 0.6) is 5.75 Å². The molecule has 0 bridgehead atoms. The van der Waals surface area contributed by atoms with Crippen molar-refractivity contribution in [1.29, 1.82) is 0 Å². The third kappa shape index (κ3) is 6.60. The van der Waals surface area contributed by atoms with Crippen LogP contribution < -0.4 is 4.74 Å². The molecule has 4 nitrogen and oxygen atoms in total. The molecule has 4 heteroatoms. The SMILES string of the molecule is CC(C)OCCC#Cc1ccc(O[C@H]2C[C@H](OC(C)C)C2)cn1. The molecule has 1 aliphatic carbocycles. The summed E-state index contributed by atoms with van der Waals surface area (Å²) in [6.45, 7) is 8.83. The van der Waals surface area contributed by atoms with Crippen LogP contribution in [0.4, 0.5) is 0 Å². The molecule has 1 heterocycles. The smallest absolute Gasteiger partial charge is 0.138 e. The third-order valence-electron chi connectivity index (χ3n) is 3.45. The Morgan fingerprint density at radius 1 is 1.13 bits per heavy atom. The monoisotopic (exact) mass is 317 g/mol. The zero-order chi connectivity index (χ0) is 16.7. The minimum atomic E-state index is 0.241. The summed E-state index contributed by atoms with van der Waals surface area (Å²) in [6.07, 6.45) is 5.49. The Balaban J connectivity index is 1.70. The quantitative estimate of drug-likeness (QED) is 0.569. The molecule has 0 N–H and O–H groups in total. The predicted molar refractivity (Wildman–Crippen MR) is 90.5 cm³/mol. The second-order valence-corrected chi connectivity index (χ2v) is 6.37. The Labute approximate surface area is 139 Å². The van der Waals surface area contributed by atoms with Gasteiger partial charge in [0.1, 0.15) is 17.5 Å². The first-order valence-corrected chi connectivity index (χ1v) is 8.41. The van der Waals surface area contributed by atoms with Gasteiger partial charge in [-0.05, 0) is 45.7 Å². The van der Waals surface area contributed by atoms with Gasteiger partial charge in [0.05, 0.1) is 31.1 Å². The van der Waals surface area contributed by atoms with Crippen LogP contribution in [0.2, 0.25) is 0 Å². The molecule has 1 aliphatic rings. The molecule has 0 unspecified atom stereocenters. The van der Waals surface area contributed by atoms with E-state index in [1.807, 2.05) is 26.0 Å². The van der Waals surface area contributed by atoms with Crippen LogP contribution >= 0.6 is 0 Å². The minimum Gasteiger partial charge on any atom is -0.489 e. The molecule has 0 amide bonds. The fourth-order valence-corrected chi connectivity index (χ4v) is 2.32. The Kier molecular flexibility index (Phi) is 6.88. The number of nitrogens with zero attached hydrogens (tertiary/aromatic N) is 1. The van der Waals surface area contributed by atoms with Crippen LogP contribution in [0, 0.1) is 11.8 Å². The van der Waals surface area contributed by atoms with E-state index in [4.69, 9.17) is 14.2 Å². The summed E-state index contributed by atoms with van der Waals surface area (Å²) in [7, 11) is 0. The van der Waals surface area contributed by atoms with Crippen LogP contribution in [0.15, 0.2) is 18.3 Å². The first-order valence-electron chi connectivity index (χ1n) is 8.41. The number of pyridine rings is 1. The van der Waals surface area contributed by atoms with Crippen LogP contribution in [-0.2, 0) is 9.47 Å². The van der Waals surface area contributed by atoms with Gasteiger partial charge in [-0.2, -0.15) is 0 Å². The lowest BCUT2D eigenvalue weighted by atomic mass is 9.92. The number of rotatable bonds is 7. The molecular weight excluding hydrogens is 290 g/mol. The van der Waals surface area contributed by atoms with E-state index in [0.29, 0.717) is 12.7 Å². The lowest BCUT2D eigenvalue weighted by molar-refractivity contribution is -0.0850. The van der Waals surface area contributed by atoms with Gasteiger partial charge in [0.2, 0.25) is 0 Å². The van der Waals surface area contributed by atoms with Gasteiger partial charge >= 0.3 is 0 Å². The Bertz CT molecular complexity index is 522. The number of ether oxygens (including phenoxy) is 3. The molecule has 0 atom stereocenters. The number of hydrogen-bond acceptors (Lipinski definition) is 4. The third-order valence-corrected chi connectivity index (χ3v) is 3.45. The first kappa shape index (κ1) is 17.8. The summed E-state index contributed by atoms with van der Waals surface area (Å²) in [4.78, 5) is 4.32. The maximum Gasteiger partial charge on any atom is 0.138 e. The molecule has 23 heavy (non-hydrogen) atoms. The predicted octanol–water partition coefficient (Wildman–Crippen LogP) is 3.58. The van der Waals surface area contributed by atoms with Gasteiger partial charge in [0.25, 0.3) is 0 Å².